The summed E-state index contributed by atoms with van der Waals surface area (Å²) in [6.07, 6.45) is 0.930. The molecule has 0 aliphatic rings. The Hall–Kier alpha value is -1.64. The average Bonchev–Trinajstić information content (AvgIpc) is 2.44. The second-order valence-electron chi connectivity index (χ2n) is 5.03. The minimum atomic E-state index is -3.51. The highest BCUT2D eigenvalue weighted by Gasteiger charge is 2.14. The number of carbonyl (C=O) groups excluding carboxylic acids is 1. The first-order valence-corrected chi connectivity index (χ1v) is 8.84. The number of benzene rings is 1. The Bertz CT molecular complexity index is 623. The lowest BCUT2D eigenvalue weighted by molar-refractivity contribution is 0.0692. The molecule has 8 heteroatoms. The normalized spacial score (nSPS) is 11.5. The molecule has 0 spiro atoms. The lowest BCUT2D eigenvalue weighted by atomic mass is 10.1. The summed E-state index contributed by atoms with van der Waals surface area (Å²) in [5.74, 6) is 0.682. The van der Waals surface area contributed by atoms with Gasteiger partial charge in [0.1, 0.15) is 18.1 Å². The van der Waals surface area contributed by atoms with Crippen molar-refractivity contribution in [3.05, 3.63) is 23.8 Å². The molecule has 1 rings (SSSR count). The maximum Gasteiger partial charge on any atom is 0.264 e. The standard InChI is InChI=1S/C15H22O7S/c1-11(2)22-12-5-6-15(19-3)13(9-12)14(16)10-20-7-8-21-23(4,17)18/h5-6,9,11H,7-8,10H2,1-4H3. The van der Waals surface area contributed by atoms with Crippen molar-refractivity contribution in [2.75, 3.05) is 33.2 Å². The minimum absolute atomic E-state index is 0.0106. The van der Waals surface area contributed by atoms with Crippen molar-refractivity contribution < 1.29 is 31.6 Å². The summed E-state index contributed by atoms with van der Waals surface area (Å²) in [5, 5.41) is 0. The van der Waals surface area contributed by atoms with Crippen LogP contribution >= 0.6 is 0 Å². The van der Waals surface area contributed by atoms with Crippen LogP contribution in [-0.2, 0) is 19.0 Å². The van der Waals surface area contributed by atoms with Gasteiger partial charge in [-0.3, -0.25) is 8.98 Å². The lowest BCUT2D eigenvalue weighted by Gasteiger charge is -2.13. The van der Waals surface area contributed by atoms with Gasteiger partial charge in [-0.1, -0.05) is 0 Å². The zero-order valence-electron chi connectivity index (χ0n) is 13.7. The van der Waals surface area contributed by atoms with Crippen LogP contribution in [0.3, 0.4) is 0 Å². The number of rotatable bonds is 10. The summed E-state index contributed by atoms with van der Waals surface area (Å²) in [7, 11) is -2.04. The first kappa shape index (κ1) is 19.4. The van der Waals surface area contributed by atoms with Crippen molar-refractivity contribution in [3.8, 4) is 11.5 Å². The first-order valence-electron chi connectivity index (χ1n) is 7.03. The monoisotopic (exact) mass is 346 g/mol. The third-order valence-electron chi connectivity index (χ3n) is 2.60. The Morgan fingerprint density at radius 1 is 1.22 bits per heavy atom. The highest BCUT2D eigenvalue weighted by Crippen LogP contribution is 2.25. The molecule has 0 radical (unpaired) electrons. The van der Waals surface area contributed by atoms with Gasteiger partial charge in [0.15, 0.2) is 5.78 Å². The third-order valence-corrected chi connectivity index (χ3v) is 3.20. The van der Waals surface area contributed by atoms with Crippen molar-refractivity contribution >= 4 is 15.9 Å². The summed E-state index contributed by atoms with van der Waals surface area (Å²) in [4.78, 5) is 12.2. The van der Waals surface area contributed by atoms with Gasteiger partial charge in [-0.15, -0.1) is 0 Å². The number of hydrogen-bond acceptors (Lipinski definition) is 7. The van der Waals surface area contributed by atoms with Gasteiger partial charge in [0, 0.05) is 0 Å². The smallest absolute Gasteiger partial charge is 0.264 e. The van der Waals surface area contributed by atoms with Crippen LogP contribution < -0.4 is 9.47 Å². The number of carbonyl (C=O) groups is 1. The molecule has 0 unspecified atom stereocenters. The van der Waals surface area contributed by atoms with Gasteiger partial charge in [0.05, 0.1) is 38.2 Å². The molecule has 0 fully saturated rings. The predicted octanol–water partition coefficient (Wildman–Crippen LogP) is 1.66. The van der Waals surface area contributed by atoms with Crippen molar-refractivity contribution in [1.82, 2.24) is 0 Å². The van der Waals surface area contributed by atoms with Crippen molar-refractivity contribution in [1.29, 1.82) is 0 Å². The molecule has 1 aromatic rings. The van der Waals surface area contributed by atoms with E-state index in [0.717, 1.165) is 6.26 Å². The molecule has 0 saturated carbocycles. The molecule has 0 saturated heterocycles. The van der Waals surface area contributed by atoms with E-state index in [0.29, 0.717) is 17.1 Å². The van der Waals surface area contributed by atoms with Crippen LogP contribution in [0.2, 0.25) is 0 Å². The second-order valence-corrected chi connectivity index (χ2v) is 6.67. The summed E-state index contributed by atoms with van der Waals surface area (Å²) in [5.41, 5.74) is 0.342. The molecule has 0 aliphatic heterocycles. The SMILES string of the molecule is COc1ccc(OC(C)C)cc1C(=O)COCCOS(C)(=O)=O. The molecule has 130 valence electrons. The topological polar surface area (TPSA) is 88.1 Å². The molecule has 0 atom stereocenters. The van der Waals surface area contributed by atoms with E-state index in [9.17, 15) is 13.2 Å². The Kier molecular flexibility index (Phi) is 7.47. The lowest BCUT2D eigenvalue weighted by Crippen LogP contribution is -2.15. The molecule has 0 N–H and O–H groups in total. The fourth-order valence-electron chi connectivity index (χ4n) is 1.74. The number of ketones is 1. The van der Waals surface area contributed by atoms with Gasteiger partial charge < -0.3 is 14.2 Å². The van der Waals surface area contributed by atoms with E-state index in [-0.39, 0.29) is 31.7 Å². The molecular formula is C15H22O7S. The molecule has 0 bridgehead atoms. The maximum absolute atomic E-state index is 12.2. The van der Waals surface area contributed by atoms with Crippen molar-refractivity contribution in [2.24, 2.45) is 0 Å². The van der Waals surface area contributed by atoms with Crippen LogP contribution in [0.5, 0.6) is 11.5 Å². The zero-order valence-corrected chi connectivity index (χ0v) is 14.5. The average molecular weight is 346 g/mol. The fraction of sp³-hybridized carbons (Fsp3) is 0.533. The van der Waals surface area contributed by atoms with Gasteiger partial charge in [-0.05, 0) is 32.0 Å². The van der Waals surface area contributed by atoms with E-state index in [1.807, 2.05) is 13.8 Å². The Balaban J connectivity index is 2.63. The summed E-state index contributed by atoms with van der Waals surface area (Å²) < 4.78 is 41.9. The fourth-order valence-corrected chi connectivity index (χ4v) is 2.11. The van der Waals surface area contributed by atoms with Crippen LogP contribution in [0.1, 0.15) is 24.2 Å². The van der Waals surface area contributed by atoms with Gasteiger partial charge in [-0.2, -0.15) is 8.42 Å². The molecule has 23 heavy (non-hydrogen) atoms. The van der Waals surface area contributed by atoms with Crippen molar-refractivity contribution in [3.63, 3.8) is 0 Å². The first-order chi connectivity index (χ1) is 10.7. The van der Waals surface area contributed by atoms with Crippen LogP contribution in [0, 0.1) is 0 Å². The molecule has 0 aliphatic carbocycles. The Morgan fingerprint density at radius 3 is 2.48 bits per heavy atom. The van der Waals surface area contributed by atoms with Gasteiger partial charge in [0.25, 0.3) is 10.1 Å². The Morgan fingerprint density at radius 2 is 1.91 bits per heavy atom. The molecule has 1 aromatic carbocycles. The molecule has 0 amide bonds. The number of methoxy groups -OCH3 is 1. The number of hydrogen-bond donors (Lipinski definition) is 0. The molecule has 0 aromatic heterocycles. The van der Waals surface area contributed by atoms with Gasteiger partial charge in [-0.25, -0.2) is 0 Å². The van der Waals surface area contributed by atoms with Crippen LogP contribution in [0.15, 0.2) is 18.2 Å². The number of ether oxygens (including phenoxy) is 3. The quantitative estimate of drug-likeness (QED) is 0.362. The second kappa shape index (κ2) is 8.85. The van der Waals surface area contributed by atoms with Crippen LogP contribution in [0.25, 0.3) is 0 Å². The van der Waals surface area contributed by atoms with E-state index in [1.165, 1.54) is 7.11 Å². The highest BCUT2D eigenvalue weighted by atomic mass is 32.2. The van der Waals surface area contributed by atoms with Gasteiger partial charge >= 0.3 is 0 Å². The maximum atomic E-state index is 12.2. The van der Waals surface area contributed by atoms with Gasteiger partial charge in [0.2, 0.25) is 0 Å². The van der Waals surface area contributed by atoms with Crippen LogP contribution in [-0.4, -0.2) is 53.5 Å². The largest absolute Gasteiger partial charge is 0.496 e. The zero-order chi connectivity index (χ0) is 17.5. The number of Topliss-reactive ketones (excluding diaryl/α,β-unsaturated/α-hetero) is 1. The molecule has 0 heterocycles. The predicted molar refractivity (Wildman–Crippen MR) is 84.7 cm³/mol. The highest BCUT2D eigenvalue weighted by molar-refractivity contribution is 7.85. The van der Waals surface area contributed by atoms with Crippen molar-refractivity contribution in [2.45, 2.75) is 20.0 Å². The minimum Gasteiger partial charge on any atom is -0.496 e. The van der Waals surface area contributed by atoms with E-state index in [4.69, 9.17) is 14.2 Å². The van der Waals surface area contributed by atoms with E-state index in [2.05, 4.69) is 4.18 Å². The van der Waals surface area contributed by atoms with E-state index >= 15 is 0 Å². The van der Waals surface area contributed by atoms with E-state index in [1.54, 1.807) is 18.2 Å². The summed E-state index contributed by atoms with van der Waals surface area (Å²) in [6.45, 7) is 3.41. The van der Waals surface area contributed by atoms with Crippen LogP contribution in [0.4, 0.5) is 0 Å². The Labute approximate surface area is 136 Å². The summed E-state index contributed by atoms with van der Waals surface area (Å²) >= 11 is 0. The molecular weight excluding hydrogens is 324 g/mol. The third kappa shape index (κ3) is 7.45. The summed E-state index contributed by atoms with van der Waals surface area (Å²) in [6, 6.07) is 4.96. The van der Waals surface area contributed by atoms with E-state index < -0.39 is 10.1 Å². The molecule has 7 nitrogen and oxygen atoms in total.